The monoisotopic (exact) mass is 296 g/mol. The molecule has 1 rings (SSSR count). The highest BCUT2D eigenvalue weighted by Gasteiger charge is 2.24. The highest BCUT2D eigenvalue weighted by atomic mass is 19.1. The average molecular weight is 296 g/mol. The highest BCUT2D eigenvalue weighted by Crippen LogP contribution is 2.21. The van der Waals surface area contributed by atoms with E-state index in [1.54, 1.807) is 0 Å². The lowest BCUT2D eigenvalue weighted by molar-refractivity contribution is -0.385. The summed E-state index contributed by atoms with van der Waals surface area (Å²) in [6, 6.07) is 0.476. The Morgan fingerprint density at radius 2 is 2.19 bits per heavy atom. The number of halogens is 1. The quantitative estimate of drug-likeness (QED) is 0.472. The maximum absolute atomic E-state index is 13.9. The molecule has 112 valence electrons. The van der Waals surface area contributed by atoms with E-state index in [4.69, 9.17) is 5.11 Å². The molecule has 0 aromatic heterocycles. The third-order valence-electron chi connectivity index (χ3n) is 2.70. The Hall–Kier alpha value is -2.77. The summed E-state index contributed by atoms with van der Waals surface area (Å²) in [5, 5.41) is 21.7. The Morgan fingerprint density at radius 1 is 1.57 bits per heavy atom. The van der Waals surface area contributed by atoms with Gasteiger partial charge in [-0.15, -0.1) is 6.58 Å². The summed E-state index contributed by atoms with van der Waals surface area (Å²) in [6.45, 7) is 4.63. The molecule has 0 spiro atoms. The van der Waals surface area contributed by atoms with Gasteiger partial charge in [-0.05, 0) is 18.9 Å². The van der Waals surface area contributed by atoms with Crippen LogP contribution in [-0.2, 0) is 4.79 Å². The van der Waals surface area contributed by atoms with Crippen LogP contribution in [0.5, 0.6) is 0 Å². The molecule has 0 aliphatic rings. The van der Waals surface area contributed by atoms with Crippen molar-refractivity contribution in [1.29, 1.82) is 0 Å². The number of benzene rings is 1. The molecule has 1 aromatic rings. The summed E-state index contributed by atoms with van der Waals surface area (Å²) >= 11 is 0. The predicted molar refractivity (Wildman–Crippen MR) is 71.5 cm³/mol. The maximum atomic E-state index is 13.9. The van der Waals surface area contributed by atoms with Crippen LogP contribution in [-0.4, -0.2) is 27.9 Å². The Morgan fingerprint density at radius 3 is 2.67 bits per heavy atom. The van der Waals surface area contributed by atoms with E-state index in [1.807, 2.05) is 0 Å². The number of nitrogens with zero attached hydrogens (tertiary/aromatic N) is 1. The number of carboxylic acids is 1. The fourth-order valence-electron chi connectivity index (χ4n) is 1.65. The second-order valence-electron chi connectivity index (χ2n) is 4.27. The van der Waals surface area contributed by atoms with Crippen LogP contribution in [0.3, 0.4) is 0 Å². The van der Waals surface area contributed by atoms with E-state index in [-0.39, 0.29) is 12.0 Å². The molecule has 8 heteroatoms. The average Bonchev–Trinajstić information content (AvgIpc) is 2.40. The molecule has 2 N–H and O–H groups in total. The Bertz CT molecular complexity index is 615. The smallest absolute Gasteiger partial charge is 0.326 e. The molecule has 7 nitrogen and oxygen atoms in total. The summed E-state index contributed by atoms with van der Waals surface area (Å²) in [4.78, 5) is 32.8. The zero-order chi connectivity index (χ0) is 16.2. The number of carbonyl (C=O) groups is 2. The van der Waals surface area contributed by atoms with Crippen LogP contribution in [0.1, 0.15) is 22.3 Å². The molecular formula is C13H13FN2O5. The van der Waals surface area contributed by atoms with E-state index in [9.17, 15) is 24.1 Å². The van der Waals surface area contributed by atoms with Gasteiger partial charge < -0.3 is 10.4 Å². The summed E-state index contributed by atoms with van der Waals surface area (Å²) in [6.07, 6.45) is 1.23. The number of non-ortho nitro benzene ring substituents is 1. The SMILES string of the molecule is C=CCC(NC(=O)c1cc([N+](=O)[O-])cc(C)c1F)C(=O)O. The minimum Gasteiger partial charge on any atom is -0.480 e. The van der Waals surface area contributed by atoms with Gasteiger partial charge in [0.1, 0.15) is 11.9 Å². The van der Waals surface area contributed by atoms with E-state index < -0.39 is 39.9 Å². The maximum Gasteiger partial charge on any atom is 0.326 e. The first-order valence-corrected chi connectivity index (χ1v) is 5.87. The van der Waals surface area contributed by atoms with Gasteiger partial charge in [-0.25, -0.2) is 9.18 Å². The van der Waals surface area contributed by atoms with Crippen LogP contribution in [0.15, 0.2) is 24.8 Å². The largest absolute Gasteiger partial charge is 0.480 e. The van der Waals surface area contributed by atoms with Gasteiger partial charge in [0, 0.05) is 12.1 Å². The number of nitro groups is 1. The van der Waals surface area contributed by atoms with Crippen molar-refractivity contribution < 1.29 is 24.0 Å². The summed E-state index contributed by atoms with van der Waals surface area (Å²) in [7, 11) is 0. The molecule has 0 saturated carbocycles. The van der Waals surface area contributed by atoms with Crippen LogP contribution in [0.25, 0.3) is 0 Å². The lowest BCUT2D eigenvalue weighted by Crippen LogP contribution is -2.40. The topological polar surface area (TPSA) is 110 Å². The van der Waals surface area contributed by atoms with Crippen LogP contribution in [0.2, 0.25) is 0 Å². The summed E-state index contributed by atoms with van der Waals surface area (Å²) < 4.78 is 13.9. The molecule has 21 heavy (non-hydrogen) atoms. The van der Waals surface area contributed by atoms with Crippen molar-refractivity contribution in [3.63, 3.8) is 0 Å². The molecule has 1 amide bonds. The van der Waals surface area contributed by atoms with Gasteiger partial charge in [-0.3, -0.25) is 14.9 Å². The lowest BCUT2D eigenvalue weighted by atomic mass is 10.1. The van der Waals surface area contributed by atoms with E-state index >= 15 is 0 Å². The Kier molecular flexibility index (Phi) is 5.12. The van der Waals surface area contributed by atoms with E-state index in [1.165, 1.54) is 13.0 Å². The number of nitro benzene ring substituents is 1. The van der Waals surface area contributed by atoms with Crippen LogP contribution < -0.4 is 5.32 Å². The van der Waals surface area contributed by atoms with Crippen molar-refractivity contribution in [1.82, 2.24) is 5.32 Å². The lowest BCUT2D eigenvalue weighted by Gasteiger charge is -2.13. The van der Waals surface area contributed by atoms with Crippen LogP contribution in [0, 0.1) is 22.9 Å². The third-order valence-corrected chi connectivity index (χ3v) is 2.70. The molecule has 0 bridgehead atoms. The van der Waals surface area contributed by atoms with Gasteiger partial charge in [0.2, 0.25) is 0 Å². The Labute approximate surface area is 119 Å². The minimum absolute atomic E-state index is 0.0589. The summed E-state index contributed by atoms with van der Waals surface area (Å²) in [5.41, 5.74) is -1.10. The highest BCUT2D eigenvalue weighted by molar-refractivity contribution is 5.97. The van der Waals surface area contributed by atoms with Gasteiger partial charge in [0.15, 0.2) is 0 Å². The van der Waals surface area contributed by atoms with Gasteiger partial charge in [-0.1, -0.05) is 6.08 Å². The molecule has 0 heterocycles. The fourth-order valence-corrected chi connectivity index (χ4v) is 1.65. The van der Waals surface area contributed by atoms with Crippen molar-refractivity contribution in [3.05, 3.63) is 51.8 Å². The molecule has 1 aromatic carbocycles. The predicted octanol–water partition coefficient (Wildman–Crippen LogP) is 1.80. The van der Waals surface area contributed by atoms with Crippen molar-refractivity contribution in [2.75, 3.05) is 0 Å². The van der Waals surface area contributed by atoms with Gasteiger partial charge in [-0.2, -0.15) is 0 Å². The zero-order valence-electron chi connectivity index (χ0n) is 11.1. The second-order valence-corrected chi connectivity index (χ2v) is 4.27. The fraction of sp³-hybridized carbons (Fsp3) is 0.231. The Balaban J connectivity index is 3.14. The second kappa shape index (κ2) is 6.60. The number of carbonyl (C=O) groups excluding carboxylic acids is 1. The van der Waals surface area contributed by atoms with E-state index in [0.717, 1.165) is 12.1 Å². The first-order valence-electron chi connectivity index (χ1n) is 5.87. The first kappa shape index (κ1) is 16.3. The van der Waals surface area contributed by atoms with Crippen LogP contribution >= 0.6 is 0 Å². The molecule has 0 aliphatic heterocycles. The molecule has 1 atom stereocenters. The van der Waals surface area contributed by atoms with Gasteiger partial charge in [0.05, 0.1) is 10.5 Å². The molecular weight excluding hydrogens is 283 g/mol. The number of aryl methyl sites for hydroxylation is 1. The number of amides is 1. The van der Waals surface area contributed by atoms with E-state index in [0.29, 0.717) is 0 Å². The molecule has 0 aliphatic carbocycles. The number of hydrogen-bond acceptors (Lipinski definition) is 4. The molecule has 1 unspecified atom stereocenters. The van der Waals surface area contributed by atoms with Crippen molar-refractivity contribution in [2.24, 2.45) is 0 Å². The van der Waals surface area contributed by atoms with Crippen molar-refractivity contribution in [3.8, 4) is 0 Å². The zero-order valence-corrected chi connectivity index (χ0v) is 11.1. The number of aliphatic carboxylic acids is 1. The number of nitrogens with one attached hydrogen (secondary N) is 1. The van der Waals surface area contributed by atoms with Crippen molar-refractivity contribution in [2.45, 2.75) is 19.4 Å². The molecule has 0 radical (unpaired) electrons. The summed E-state index contributed by atoms with van der Waals surface area (Å²) in [5.74, 6) is -3.28. The molecule has 0 saturated heterocycles. The normalized spacial score (nSPS) is 11.5. The number of carboxylic acid groups (broad SMARTS) is 1. The van der Waals surface area contributed by atoms with Crippen LogP contribution in [0.4, 0.5) is 10.1 Å². The standard InChI is InChI=1S/C13H13FN2O5/c1-3-4-10(13(18)19)15-12(17)9-6-8(16(20)21)5-7(2)11(9)14/h3,5-6,10H,1,4H2,2H3,(H,15,17)(H,18,19). The number of hydrogen-bond donors (Lipinski definition) is 2. The number of rotatable bonds is 6. The van der Waals surface area contributed by atoms with Crippen molar-refractivity contribution >= 4 is 17.6 Å². The van der Waals surface area contributed by atoms with E-state index in [2.05, 4.69) is 11.9 Å². The minimum atomic E-state index is -1.31. The van der Waals surface area contributed by atoms with Gasteiger partial charge >= 0.3 is 5.97 Å². The molecule has 0 fully saturated rings. The van der Waals surface area contributed by atoms with Gasteiger partial charge in [0.25, 0.3) is 11.6 Å². The third kappa shape index (κ3) is 3.85. The first-order chi connectivity index (χ1) is 9.77.